The van der Waals surface area contributed by atoms with Gasteiger partial charge in [-0.3, -0.25) is 19.2 Å². The zero-order valence-corrected chi connectivity index (χ0v) is 32.4. The van der Waals surface area contributed by atoms with E-state index >= 15 is 0 Å². The number of carbonyl (C=O) groups is 4. The minimum atomic E-state index is -0.425. The van der Waals surface area contributed by atoms with E-state index in [9.17, 15) is 19.2 Å². The Morgan fingerprint density at radius 1 is 1.06 bits per heavy atom. The third kappa shape index (κ3) is 32.8. The number of allylic oxidation sites excluding steroid dienone is 1. The van der Waals surface area contributed by atoms with Crippen LogP contribution in [0.1, 0.15) is 98.1 Å². The van der Waals surface area contributed by atoms with Crippen LogP contribution in [-0.2, 0) is 19.2 Å². The fourth-order valence-electron chi connectivity index (χ4n) is 4.11. The lowest BCUT2D eigenvalue weighted by molar-refractivity contribution is -0.132. The highest BCUT2D eigenvalue weighted by atomic mass is 32.1. The molecule has 49 heavy (non-hydrogen) atoms. The fourth-order valence-corrected chi connectivity index (χ4v) is 4.80. The van der Waals surface area contributed by atoms with Crippen LogP contribution in [0.3, 0.4) is 0 Å². The smallest absolute Gasteiger partial charge is 0.222 e. The summed E-state index contributed by atoms with van der Waals surface area (Å²) in [6.45, 7) is 13.5. The average Bonchev–Trinajstić information content (AvgIpc) is 3.61. The molecular formula is C38H61N5O4S2. The van der Waals surface area contributed by atoms with Gasteiger partial charge in [0.1, 0.15) is 0 Å². The highest BCUT2D eigenvalue weighted by Gasteiger charge is 2.11. The van der Waals surface area contributed by atoms with Gasteiger partial charge in [-0.25, -0.2) is 4.98 Å². The number of aromatic nitrogens is 1. The summed E-state index contributed by atoms with van der Waals surface area (Å²) in [6.07, 6.45) is 17.5. The van der Waals surface area contributed by atoms with Crippen molar-refractivity contribution in [1.82, 2.24) is 20.1 Å². The molecule has 3 rings (SSSR count). The Hall–Kier alpha value is -3.46. The standard InChI is InChI=1S/C11H23N3O2.C8H11NO2.C7H14.C6H7NS.C6H6S/c1-4-14(5-2)9-8-13(3)11(16)7-6-10(12)15;1-3-4-5-8(11)6-9-7(2)10;1-7-5-3-2-4-6-7;1-2-3-6-4-8-5-7-6;7-6-4-2-1-3-5-6/h4-9H2,1-3H3,(H2,12,15);1H,4-6H2,2H3,(H,9,10);7H,2-6H2,1H3;2-5H,1H3;1-5,7H/b;;;3-2+;. The Labute approximate surface area is 305 Å². The Balaban J connectivity index is 0. The van der Waals surface area contributed by atoms with Crippen molar-refractivity contribution in [3.63, 3.8) is 0 Å². The number of nitrogens with one attached hydrogen (secondary N) is 1. The zero-order chi connectivity index (χ0) is 37.3. The molecule has 0 aliphatic heterocycles. The first-order valence-electron chi connectivity index (χ1n) is 17.1. The molecular weight excluding hydrogens is 655 g/mol. The number of Topliss-reactive ketones (excluding diaryl/α,β-unsaturated/α-hetero) is 1. The molecule has 1 aliphatic rings. The van der Waals surface area contributed by atoms with E-state index < -0.39 is 5.91 Å². The van der Waals surface area contributed by atoms with Gasteiger partial charge < -0.3 is 20.9 Å². The minimum absolute atomic E-state index is 0.0223. The van der Waals surface area contributed by atoms with E-state index in [-0.39, 0.29) is 37.0 Å². The summed E-state index contributed by atoms with van der Waals surface area (Å²) in [5.41, 5.74) is 7.87. The Kier molecular flexibility index (Phi) is 32.1. The predicted octanol–water partition coefficient (Wildman–Crippen LogP) is 6.90. The SMILES string of the molecule is C#CCCC(=O)CNC(C)=O.C/C=C/c1cscn1.CC1CCCCC1.CCN(CC)CCN(C)C(=O)CCC(N)=O.Sc1ccccc1. The van der Waals surface area contributed by atoms with Gasteiger partial charge in [0.2, 0.25) is 17.7 Å². The third-order valence-corrected chi connectivity index (χ3v) is 8.08. The van der Waals surface area contributed by atoms with Crippen molar-refractivity contribution in [3.8, 4) is 12.3 Å². The number of carbonyl (C=O) groups excluding carboxylic acids is 4. The van der Waals surface area contributed by atoms with E-state index in [0.29, 0.717) is 19.4 Å². The summed E-state index contributed by atoms with van der Waals surface area (Å²) < 4.78 is 0. The van der Waals surface area contributed by atoms with Crippen LogP contribution in [0.15, 0.2) is 52.2 Å². The zero-order valence-electron chi connectivity index (χ0n) is 30.7. The van der Waals surface area contributed by atoms with Crippen LogP contribution in [0.2, 0.25) is 0 Å². The Bertz CT molecular complexity index is 1190. The van der Waals surface area contributed by atoms with Crippen LogP contribution in [-0.4, -0.2) is 78.1 Å². The van der Waals surface area contributed by atoms with E-state index in [1.165, 1.54) is 39.0 Å². The number of primary amides is 1. The van der Waals surface area contributed by atoms with Gasteiger partial charge in [0, 0.05) is 63.0 Å². The summed E-state index contributed by atoms with van der Waals surface area (Å²) in [6, 6.07) is 9.79. The highest BCUT2D eigenvalue weighted by Crippen LogP contribution is 2.22. The van der Waals surface area contributed by atoms with Gasteiger partial charge in [-0.2, -0.15) is 0 Å². The summed E-state index contributed by atoms with van der Waals surface area (Å²) >= 11 is 5.70. The van der Waals surface area contributed by atoms with Gasteiger partial charge in [-0.15, -0.1) is 36.3 Å². The van der Waals surface area contributed by atoms with Crippen molar-refractivity contribution in [2.75, 3.05) is 39.8 Å². The number of benzene rings is 1. The molecule has 1 aliphatic carbocycles. The van der Waals surface area contributed by atoms with Crippen LogP contribution in [0.25, 0.3) is 6.08 Å². The lowest BCUT2D eigenvalue weighted by atomic mass is 9.91. The number of amides is 3. The molecule has 3 N–H and O–H groups in total. The monoisotopic (exact) mass is 715 g/mol. The number of nitrogens with two attached hydrogens (primary N) is 1. The molecule has 1 fully saturated rings. The second kappa shape index (κ2) is 33.1. The highest BCUT2D eigenvalue weighted by molar-refractivity contribution is 7.80. The average molecular weight is 716 g/mol. The van der Waals surface area contributed by atoms with Crippen molar-refractivity contribution in [2.24, 2.45) is 11.7 Å². The van der Waals surface area contributed by atoms with Gasteiger partial charge in [-0.05, 0) is 44.1 Å². The van der Waals surface area contributed by atoms with Crippen molar-refractivity contribution in [2.45, 2.75) is 97.3 Å². The summed E-state index contributed by atoms with van der Waals surface area (Å²) in [7, 11) is 1.76. The fraction of sp³-hybridized carbons (Fsp3) is 0.553. The number of thiol groups is 1. The maximum atomic E-state index is 11.5. The molecule has 0 spiro atoms. The number of terminal acetylenes is 1. The molecule has 2 aromatic rings. The number of ketones is 1. The quantitative estimate of drug-likeness (QED) is 0.153. The van der Waals surface area contributed by atoms with E-state index in [2.05, 4.69) is 54.5 Å². The first-order chi connectivity index (χ1) is 23.4. The molecule has 9 nitrogen and oxygen atoms in total. The summed E-state index contributed by atoms with van der Waals surface area (Å²) in [5.74, 6) is 2.72. The largest absolute Gasteiger partial charge is 0.370 e. The van der Waals surface area contributed by atoms with Crippen molar-refractivity contribution < 1.29 is 19.2 Å². The predicted molar refractivity (Wildman–Crippen MR) is 208 cm³/mol. The summed E-state index contributed by atoms with van der Waals surface area (Å²) in [4.78, 5) is 52.1. The molecule has 0 saturated heterocycles. The first-order valence-corrected chi connectivity index (χ1v) is 18.5. The van der Waals surface area contributed by atoms with E-state index in [0.717, 1.165) is 36.1 Å². The molecule has 11 heteroatoms. The Morgan fingerprint density at radius 3 is 2.10 bits per heavy atom. The molecule has 1 heterocycles. The van der Waals surface area contributed by atoms with Gasteiger partial charge in [0.05, 0.1) is 17.7 Å². The van der Waals surface area contributed by atoms with Gasteiger partial charge in [0.25, 0.3) is 0 Å². The molecule has 0 bridgehead atoms. The van der Waals surface area contributed by atoms with Crippen LogP contribution >= 0.6 is 24.0 Å². The lowest BCUT2D eigenvalue weighted by Gasteiger charge is -2.23. The molecule has 1 aromatic carbocycles. The van der Waals surface area contributed by atoms with Crippen LogP contribution in [0.4, 0.5) is 0 Å². The third-order valence-electron chi connectivity index (χ3n) is 7.18. The second-order valence-electron chi connectivity index (χ2n) is 11.5. The maximum Gasteiger partial charge on any atom is 0.222 e. The number of rotatable bonds is 13. The van der Waals surface area contributed by atoms with Gasteiger partial charge in [0.15, 0.2) is 5.78 Å². The van der Waals surface area contributed by atoms with Gasteiger partial charge in [-0.1, -0.05) is 77.2 Å². The number of nitrogens with zero attached hydrogens (tertiary/aromatic N) is 3. The molecule has 1 saturated carbocycles. The number of hydrogen-bond acceptors (Lipinski definition) is 8. The molecule has 0 atom stereocenters. The topological polar surface area (TPSA) is 126 Å². The van der Waals surface area contributed by atoms with E-state index in [1.54, 1.807) is 23.3 Å². The van der Waals surface area contributed by atoms with Crippen molar-refractivity contribution in [3.05, 3.63) is 53.0 Å². The van der Waals surface area contributed by atoms with Crippen LogP contribution < -0.4 is 11.1 Å². The van der Waals surface area contributed by atoms with E-state index in [4.69, 9.17) is 12.2 Å². The number of thiazole rings is 1. The molecule has 0 radical (unpaired) electrons. The number of hydrogen-bond donors (Lipinski definition) is 3. The van der Waals surface area contributed by atoms with Crippen LogP contribution in [0.5, 0.6) is 0 Å². The van der Waals surface area contributed by atoms with Crippen LogP contribution in [0, 0.1) is 18.3 Å². The molecule has 0 unspecified atom stereocenters. The minimum Gasteiger partial charge on any atom is -0.370 e. The molecule has 3 amide bonds. The maximum absolute atomic E-state index is 11.5. The van der Waals surface area contributed by atoms with Crippen molar-refractivity contribution in [1.29, 1.82) is 0 Å². The van der Waals surface area contributed by atoms with Gasteiger partial charge >= 0.3 is 0 Å². The van der Waals surface area contributed by atoms with Crippen molar-refractivity contribution >= 4 is 53.5 Å². The lowest BCUT2D eigenvalue weighted by Crippen LogP contribution is -2.36. The normalized spacial score (nSPS) is 11.9. The first kappa shape index (κ1) is 47.7. The number of likely N-dealkylation sites (N-methyl/N-ethyl adjacent to an activating group) is 2. The Morgan fingerprint density at radius 2 is 1.69 bits per heavy atom. The molecule has 274 valence electrons. The second-order valence-corrected chi connectivity index (χ2v) is 12.7. The summed E-state index contributed by atoms with van der Waals surface area (Å²) in [5, 5.41) is 4.41. The van der Waals surface area contributed by atoms with E-state index in [1.807, 2.05) is 60.3 Å². The molecule has 1 aromatic heterocycles.